The van der Waals surface area contributed by atoms with Gasteiger partial charge in [-0.15, -0.1) is 0 Å². The summed E-state index contributed by atoms with van der Waals surface area (Å²) in [4.78, 5) is 12.0. The third kappa shape index (κ3) is 5.07. The first-order chi connectivity index (χ1) is 16.0. The first-order valence-electron chi connectivity index (χ1n) is 14.3. The van der Waals surface area contributed by atoms with Crippen molar-refractivity contribution < 1.29 is 14.3 Å². The van der Waals surface area contributed by atoms with Crippen LogP contribution in [0.15, 0.2) is 11.6 Å². The van der Waals surface area contributed by atoms with Crippen LogP contribution < -0.4 is 0 Å². The number of hydrogen-bond acceptors (Lipinski definition) is 3. The van der Waals surface area contributed by atoms with Crippen LogP contribution in [0, 0.1) is 46.3 Å². The Morgan fingerprint density at radius 2 is 1.82 bits per heavy atom. The Balaban J connectivity index is 1.42. The van der Waals surface area contributed by atoms with E-state index in [1.807, 2.05) is 0 Å². The lowest BCUT2D eigenvalue weighted by Gasteiger charge is -2.58. The van der Waals surface area contributed by atoms with E-state index in [9.17, 15) is 4.79 Å². The summed E-state index contributed by atoms with van der Waals surface area (Å²) in [6, 6.07) is 0. The molecule has 3 fully saturated rings. The van der Waals surface area contributed by atoms with Crippen LogP contribution in [0.25, 0.3) is 0 Å². The maximum absolute atomic E-state index is 12.0. The van der Waals surface area contributed by atoms with Gasteiger partial charge in [0.25, 0.3) is 0 Å². The molecule has 9 atom stereocenters. The SMILES string of the molecule is CC(C)CCC[C@@H](C)[C@H]1CC[C@H]2[C@@H]3CC=C4C[C@@H](OC(=O)OC(C)Cl)CC[C@]4(C)[C@H]3CC[C@]12C. The zero-order chi connectivity index (χ0) is 24.7. The van der Waals surface area contributed by atoms with Crippen molar-refractivity contribution >= 4 is 17.8 Å². The van der Waals surface area contributed by atoms with Crippen LogP contribution in [0.2, 0.25) is 0 Å². The molecule has 0 aliphatic heterocycles. The van der Waals surface area contributed by atoms with Gasteiger partial charge in [-0.05, 0) is 98.2 Å². The Bertz CT molecular complexity index is 760. The van der Waals surface area contributed by atoms with Crippen molar-refractivity contribution in [2.75, 3.05) is 0 Å². The second-order valence-corrected chi connectivity index (χ2v) is 13.8. The van der Waals surface area contributed by atoms with Gasteiger partial charge in [-0.25, -0.2) is 4.79 Å². The smallest absolute Gasteiger partial charge is 0.431 e. The Morgan fingerprint density at radius 3 is 2.53 bits per heavy atom. The zero-order valence-electron chi connectivity index (χ0n) is 22.6. The highest BCUT2D eigenvalue weighted by Crippen LogP contribution is 2.67. The van der Waals surface area contributed by atoms with Crippen molar-refractivity contribution in [1.82, 2.24) is 0 Å². The summed E-state index contributed by atoms with van der Waals surface area (Å²) in [6.07, 6.45) is 15.8. The molecule has 0 saturated heterocycles. The predicted octanol–water partition coefficient (Wildman–Crippen LogP) is 9.13. The summed E-state index contributed by atoms with van der Waals surface area (Å²) < 4.78 is 10.6. The summed E-state index contributed by atoms with van der Waals surface area (Å²) >= 11 is 5.79. The number of carbonyl (C=O) groups excluding carboxylic acids is 1. The van der Waals surface area contributed by atoms with Gasteiger partial charge in [-0.1, -0.05) is 77.1 Å². The maximum Gasteiger partial charge on any atom is 0.510 e. The quantitative estimate of drug-likeness (QED) is 0.202. The number of ether oxygens (including phenoxy) is 2. The molecule has 3 saturated carbocycles. The molecule has 4 aliphatic rings. The normalized spacial score (nSPS) is 41.1. The molecule has 0 aromatic carbocycles. The molecular formula is C30H49ClO3. The van der Waals surface area contributed by atoms with Crippen molar-refractivity contribution in [2.45, 2.75) is 124 Å². The van der Waals surface area contributed by atoms with E-state index in [1.54, 1.807) is 6.92 Å². The van der Waals surface area contributed by atoms with Crippen LogP contribution in [-0.2, 0) is 9.47 Å². The second-order valence-electron chi connectivity index (χ2n) is 13.2. The first kappa shape index (κ1) is 26.4. The van der Waals surface area contributed by atoms with Crippen LogP contribution in [0.4, 0.5) is 4.79 Å². The molecule has 194 valence electrons. The molecule has 34 heavy (non-hydrogen) atoms. The Morgan fingerprint density at radius 1 is 1.06 bits per heavy atom. The molecule has 3 nitrogen and oxygen atoms in total. The van der Waals surface area contributed by atoms with Gasteiger partial charge in [0, 0.05) is 6.42 Å². The highest BCUT2D eigenvalue weighted by atomic mass is 35.5. The van der Waals surface area contributed by atoms with Crippen LogP contribution in [0.3, 0.4) is 0 Å². The molecule has 0 radical (unpaired) electrons. The van der Waals surface area contributed by atoms with Gasteiger partial charge in [0.1, 0.15) is 6.10 Å². The number of halogens is 1. The van der Waals surface area contributed by atoms with Crippen molar-refractivity contribution in [3.63, 3.8) is 0 Å². The van der Waals surface area contributed by atoms with E-state index < -0.39 is 11.7 Å². The van der Waals surface area contributed by atoms with Crippen molar-refractivity contribution in [3.05, 3.63) is 11.6 Å². The Hall–Kier alpha value is -0.700. The lowest BCUT2D eigenvalue weighted by atomic mass is 9.47. The van der Waals surface area contributed by atoms with Gasteiger partial charge in [0.2, 0.25) is 0 Å². The lowest BCUT2D eigenvalue weighted by molar-refractivity contribution is -0.0620. The molecule has 0 heterocycles. The van der Waals surface area contributed by atoms with Crippen LogP contribution in [-0.4, -0.2) is 17.8 Å². The Labute approximate surface area is 213 Å². The summed E-state index contributed by atoms with van der Waals surface area (Å²) in [5.74, 6) is 5.10. The van der Waals surface area contributed by atoms with E-state index in [-0.39, 0.29) is 11.5 Å². The van der Waals surface area contributed by atoms with Crippen LogP contribution in [0.5, 0.6) is 0 Å². The molecule has 0 amide bonds. The van der Waals surface area contributed by atoms with Crippen LogP contribution >= 0.6 is 11.6 Å². The molecule has 0 N–H and O–H groups in total. The van der Waals surface area contributed by atoms with Gasteiger partial charge in [-0.3, -0.25) is 0 Å². The number of allylic oxidation sites excluding steroid dienone is 1. The molecule has 4 heteroatoms. The number of rotatable bonds is 7. The number of carbonyl (C=O) groups is 1. The molecule has 4 aliphatic carbocycles. The second kappa shape index (κ2) is 10.3. The van der Waals surface area contributed by atoms with Crippen LogP contribution in [0.1, 0.15) is 112 Å². The van der Waals surface area contributed by atoms with Crippen molar-refractivity contribution in [3.8, 4) is 0 Å². The monoisotopic (exact) mass is 492 g/mol. The minimum Gasteiger partial charge on any atom is -0.431 e. The minimum atomic E-state index is -0.652. The highest BCUT2D eigenvalue weighted by Gasteiger charge is 2.59. The van der Waals surface area contributed by atoms with E-state index in [0.717, 1.165) is 54.8 Å². The summed E-state index contributed by atoms with van der Waals surface area (Å²) in [7, 11) is 0. The number of hydrogen-bond donors (Lipinski definition) is 0. The molecule has 4 rings (SSSR count). The molecule has 0 aromatic rings. The minimum absolute atomic E-state index is 0.0739. The lowest BCUT2D eigenvalue weighted by Crippen LogP contribution is -2.51. The predicted molar refractivity (Wildman–Crippen MR) is 140 cm³/mol. The molecular weight excluding hydrogens is 444 g/mol. The fourth-order valence-corrected chi connectivity index (χ4v) is 9.12. The molecule has 0 spiro atoms. The summed E-state index contributed by atoms with van der Waals surface area (Å²) in [6.45, 7) is 14.1. The summed E-state index contributed by atoms with van der Waals surface area (Å²) in [5, 5.41) is 0. The fourth-order valence-electron chi connectivity index (χ4n) is 9.05. The molecule has 1 unspecified atom stereocenters. The fraction of sp³-hybridized carbons (Fsp3) is 0.900. The Kier molecular flexibility index (Phi) is 8.02. The van der Waals surface area contributed by atoms with Gasteiger partial charge >= 0.3 is 6.16 Å². The molecule has 0 bridgehead atoms. The first-order valence-corrected chi connectivity index (χ1v) is 14.7. The van der Waals surface area contributed by atoms with E-state index in [1.165, 1.54) is 56.9 Å². The van der Waals surface area contributed by atoms with Gasteiger partial charge in [0.05, 0.1) is 0 Å². The third-order valence-electron chi connectivity index (χ3n) is 10.8. The standard InChI is InChI=1S/C30H49ClO3/c1-19(2)8-7-9-20(3)25-12-13-26-24-11-10-22-18-23(34-28(32)33-21(4)31)14-16-29(22,5)27(24)15-17-30(25,26)6/h10,19-21,23-27H,7-9,11-18H2,1-6H3/t20-,21?,23+,24+,25-,26+,27+,29+,30-/m1/s1. The highest BCUT2D eigenvalue weighted by molar-refractivity contribution is 6.19. The zero-order valence-corrected chi connectivity index (χ0v) is 23.3. The topological polar surface area (TPSA) is 35.5 Å². The van der Waals surface area contributed by atoms with Gasteiger partial charge in [-0.2, -0.15) is 0 Å². The van der Waals surface area contributed by atoms with Gasteiger partial charge < -0.3 is 9.47 Å². The number of fused-ring (bicyclic) bond motifs is 5. The average molecular weight is 493 g/mol. The van der Waals surface area contributed by atoms with E-state index >= 15 is 0 Å². The average Bonchev–Trinajstić information content (AvgIpc) is 3.10. The maximum atomic E-state index is 12.0. The van der Waals surface area contributed by atoms with E-state index in [4.69, 9.17) is 21.1 Å². The van der Waals surface area contributed by atoms with E-state index in [2.05, 4.69) is 40.7 Å². The summed E-state index contributed by atoms with van der Waals surface area (Å²) in [5.41, 5.74) is 1.69. The van der Waals surface area contributed by atoms with Crippen molar-refractivity contribution in [1.29, 1.82) is 0 Å². The largest absolute Gasteiger partial charge is 0.510 e. The van der Waals surface area contributed by atoms with Crippen molar-refractivity contribution in [2.24, 2.45) is 46.3 Å². The van der Waals surface area contributed by atoms with E-state index in [0.29, 0.717) is 5.41 Å². The number of alkyl halides is 1. The molecule has 0 aromatic heterocycles. The van der Waals surface area contributed by atoms with Gasteiger partial charge in [0.15, 0.2) is 5.56 Å². The third-order valence-corrected chi connectivity index (χ3v) is 10.9.